The number of phenols is 1. The van der Waals surface area contributed by atoms with E-state index in [1.165, 1.54) is 13.2 Å². The number of benzene rings is 2. The Morgan fingerprint density at radius 3 is 2.75 bits per heavy atom. The number of aromatic hydroxyl groups is 1. The van der Waals surface area contributed by atoms with Crippen molar-refractivity contribution in [2.24, 2.45) is 0 Å². The minimum atomic E-state index is -0.121. The summed E-state index contributed by atoms with van der Waals surface area (Å²) in [5.41, 5.74) is 1.79. The Morgan fingerprint density at radius 2 is 2.00 bits per heavy atom. The molecular weight excluding hydrogens is 304 g/mol. The molecule has 124 valence electrons. The monoisotopic (exact) mass is 324 g/mol. The van der Waals surface area contributed by atoms with Gasteiger partial charge in [0.15, 0.2) is 17.3 Å². The molecule has 1 N–H and O–H groups in total. The van der Waals surface area contributed by atoms with Crippen molar-refractivity contribution in [1.29, 1.82) is 0 Å². The highest BCUT2D eigenvalue weighted by Gasteiger charge is 2.22. The summed E-state index contributed by atoms with van der Waals surface area (Å²) in [4.78, 5) is 13.1. The molecule has 4 heteroatoms. The van der Waals surface area contributed by atoms with E-state index in [4.69, 9.17) is 9.15 Å². The number of aryl methyl sites for hydroxylation is 1. The Hall–Kier alpha value is -2.75. The van der Waals surface area contributed by atoms with Gasteiger partial charge < -0.3 is 14.3 Å². The lowest BCUT2D eigenvalue weighted by molar-refractivity contribution is 0.103. The van der Waals surface area contributed by atoms with Crippen LogP contribution in [0.4, 0.5) is 0 Å². The molecule has 2 aromatic carbocycles. The molecular formula is C20H20O4. The number of ether oxygens (including phenoxy) is 1. The van der Waals surface area contributed by atoms with Gasteiger partial charge in [-0.1, -0.05) is 31.5 Å². The van der Waals surface area contributed by atoms with E-state index in [2.05, 4.69) is 6.92 Å². The molecule has 3 rings (SSSR count). The molecule has 0 spiro atoms. The van der Waals surface area contributed by atoms with Crippen LogP contribution in [0.3, 0.4) is 0 Å². The van der Waals surface area contributed by atoms with Crippen molar-refractivity contribution in [2.45, 2.75) is 26.2 Å². The predicted molar refractivity (Wildman–Crippen MR) is 92.9 cm³/mol. The third-order valence-electron chi connectivity index (χ3n) is 4.09. The Labute approximate surface area is 140 Å². The molecule has 0 atom stereocenters. The minimum Gasteiger partial charge on any atom is -0.504 e. The van der Waals surface area contributed by atoms with Crippen LogP contribution < -0.4 is 4.74 Å². The van der Waals surface area contributed by atoms with Crippen LogP contribution in [0.5, 0.6) is 11.5 Å². The molecule has 24 heavy (non-hydrogen) atoms. The molecule has 0 saturated carbocycles. The van der Waals surface area contributed by atoms with E-state index in [9.17, 15) is 9.90 Å². The summed E-state index contributed by atoms with van der Waals surface area (Å²) in [6.45, 7) is 2.11. The van der Waals surface area contributed by atoms with Gasteiger partial charge in [0, 0.05) is 17.4 Å². The summed E-state index contributed by atoms with van der Waals surface area (Å²) in [5, 5.41) is 10.6. The van der Waals surface area contributed by atoms with Gasteiger partial charge in [-0.3, -0.25) is 4.79 Å². The van der Waals surface area contributed by atoms with Gasteiger partial charge in [0.25, 0.3) is 0 Å². The van der Waals surface area contributed by atoms with Gasteiger partial charge >= 0.3 is 0 Å². The molecule has 3 aromatic rings. The summed E-state index contributed by atoms with van der Waals surface area (Å²) in [7, 11) is 1.46. The van der Waals surface area contributed by atoms with Crippen molar-refractivity contribution < 1.29 is 19.1 Å². The second-order valence-electron chi connectivity index (χ2n) is 5.72. The Balaban J connectivity index is 2.11. The van der Waals surface area contributed by atoms with Gasteiger partial charge in [-0.05, 0) is 30.7 Å². The Kier molecular flexibility index (Phi) is 4.56. The first-order valence-corrected chi connectivity index (χ1v) is 8.07. The van der Waals surface area contributed by atoms with Gasteiger partial charge in [0.2, 0.25) is 0 Å². The first kappa shape index (κ1) is 16.1. The largest absolute Gasteiger partial charge is 0.504 e. The maximum Gasteiger partial charge on any atom is 0.197 e. The highest BCUT2D eigenvalue weighted by atomic mass is 16.5. The van der Waals surface area contributed by atoms with E-state index >= 15 is 0 Å². The summed E-state index contributed by atoms with van der Waals surface area (Å²) >= 11 is 0. The number of furan rings is 1. The third-order valence-corrected chi connectivity index (χ3v) is 4.09. The van der Waals surface area contributed by atoms with Crippen LogP contribution in [0.25, 0.3) is 11.0 Å². The number of hydrogen-bond donors (Lipinski definition) is 1. The number of hydrogen-bond acceptors (Lipinski definition) is 4. The SMILES string of the molecule is CCCCc1oc2ccccc2c1C(=O)c1ccc(O)c(OC)c1. The highest BCUT2D eigenvalue weighted by Crippen LogP contribution is 2.32. The van der Waals surface area contributed by atoms with Crippen molar-refractivity contribution >= 4 is 16.8 Å². The Bertz CT molecular complexity index is 876. The lowest BCUT2D eigenvalue weighted by Crippen LogP contribution is -2.04. The van der Waals surface area contributed by atoms with Crippen molar-refractivity contribution in [3.05, 3.63) is 59.4 Å². The van der Waals surface area contributed by atoms with E-state index in [0.29, 0.717) is 11.1 Å². The summed E-state index contributed by atoms with van der Waals surface area (Å²) in [6, 6.07) is 12.2. The lowest BCUT2D eigenvalue weighted by Gasteiger charge is -2.07. The topological polar surface area (TPSA) is 59.7 Å². The summed E-state index contributed by atoms with van der Waals surface area (Å²) in [5.74, 6) is 0.889. The van der Waals surface area contributed by atoms with Crippen LogP contribution in [0.2, 0.25) is 0 Å². The number of methoxy groups -OCH3 is 1. The van der Waals surface area contributed by atoms with Crippen molar-refractivity contribution in [1.82, 2.24) is 0 Å². The molecule has 0 aliphatic carbocycles. The molecule has 1 heterocycles. The molecule has 0 saturated heterocycles. The number of carbonyl (C=O) groups is 1. The summed E-state index contributed by atoms with van der Waals surface area (Å²) < 4.78 is 11.0. The highest BCUT2D eigenvalue weighted by molar-refractivity contribution is 6.17. The maximum absolute atomic E-state index is 13.1. The number of unbranched alkanes of at least 4 members (excludes halogenated alkanes) is 1. The molecule has 1 aromatic heterocycles. The van der Waals surface area contributed by atoms with Gasteiger partial charge in [0.1, 0.15) is 11.3 Å². The molecule has 0 amide bonds. The molecule has 4 nitrogen and oxygen atoms in total. The molecule has 0 bridgehead atoms. The normalized spacial score (nSPS) is 10.9. The number of para-hydroxylation sites is 1. The van der Waals surface area contributed by atoms with E-state index in [-0.39, 0.29) is 17.3 Å². The second kappa shape index (κ2) is 6.79. The fourth-order valence-corrected chi connectivity index (χ4v) is 2.82. The zero-order valence-corrected chi connectivity index (χ0v) is 13.8. The minimum absolute atomic E-state index is 0.0114. The van der Waals surface area contributed by atoms with Crippen LogP contribution in [0, 0.1) is 0 Å². The second-order valence-corrected chi connectivity index (χ2v) is 5.72. The van der Waals surface area contributed by atoms with Crippen LogP contribution in [0.15, 0.2) is 46.9 Å². The van der Waals surface area contributed by atoms with Crippen LogP contribution in [-0.2, 0) is 6.42 Å². The number of rotatable bonds is 6. The fraction of sp³-hybridized carbons (Fsp3) is 0.250. The molecule has 0 unspecified atom stereocenters. The number of fused-ring (bicyclic) bond motifs is 1. The zero-order chi connectivity index (χ0) is 17.1. The zero-order valence-electron chi connectivity index (χ0n) is 13.8. The third kappa shape index (κ3) is 2.87. The van der Waals surface area contributed by atoms with E-state index in [1.807, 2.05) is 24.3 Å². The quantitative estimate of drug-likeness (QED) is 0.666. The molecule has 0 fully saturated rings. The van der Waals surface area contributed by atoms with E-state index < -0.39 is 0 Å². The number of carbonyl (C=O) groups excluding carboxylic acids is 1. The smallest absolute Gasteiger partial charge is 0.197 e. The van der Waals surface area contributed by atoms with E-state index in [0.717, 1.165) is 36.0 Å². The lowest BCUT2D eigenvalue weighted by atomic mass is 9.98. The van der Waals surface area contributed by atoms with Crippen molar-refractivity contribution in [3.63, 3.8) is 0 Å². The van der Waals surface area contributed by atoms with Crippen molar-refractivity contribution in [2.75, 3.05) is 7.11 Å². The van der Waals surface area contributed by atoms with Gasteiger partial charge in [-0.2, -0.15) is 0 Å². The number of ketones is 1. The van der Waals surface area contributed by atoms with Crippen LogP contribution in [0.1, 0.15) is 41.4 Å². The van der Waals surface area contributed by atoms with E-state index in [1.54, 1.807) is 12.1 Å². The average Bonchev–Trinajstić information content (AvgIpc) is 2.98. The van der Waals surface area contributed by atoms with Crippen LogP contribution in [-0.4, -0.2) is 18.0 Å². The first-order chi connectivity index (χ1) is 11.7. The molecule has 0 aliphatic rings. The number of phenolic OH excluding ortho intramolecular Hbond substituents is 1. The summed E-state index contributed by atoms with van der Waals surface area (Å²) in [6.07, 6.45) is 2.71. The average molecular weight is 324 g/mol. The van der Waals surface area contributed by atoms with Gasteiger partial charge in [-0.15, -0.1) is 0 Å². The predicted octanol–water partition coefficient (Wildman–Crippen LogP) is 4.72. The Morgan fingerprint density at radius 1 is 1.21 bits per heavy atom. The fourth-order valence-electron chi connectivity index (χ4n) is 2.82. The van der Waals surface area contributed by atoms with Crippen molar-refractivity contribution in [3.8, 4) is 11.5 Å². The maximum atomic E-state index is 13.1. The van der Waals surface area contributed by atoms with Gasteiger partial charge in [-0.25, -0.2) is 0 Å². The molecule has 0 aliphatic heterocycles. The van der Waals surface area contributed by atoms with Crippen LogP contribution >= 0.6 is 0 Å². The van der Waals surface area contributed by atoms with Gasteiger partial charge in [0.05, 0.1) is 12.7 Å². The standard InChI is InChI=1S/C20H20O4/c1-3-4-8-17-19(14-7-5-6-9-16(14)24-17)20(22)13-10-11-15(21)18(12-13)23-2/h5-7,9-12,21H,3-4,8H2,1-2H3. The first-order valence-electron chi connectivity index (χ1n) is 8.07. The molecule has 0 radical (unpaired) electrons.